The van der Waals surface area contributed by atoms with Crippen LogP contribution < -0.4 is 5.73 Å². The molecular formula is C6H11NO4. The fraction of sp³-hybridized carbons (Fsp3) is 1.00. The molecule has 2 aliphatic heterocycles. The van der Waals surface area contributed by atoms with Crippen molar-refractivity contribution in [2.24, 2.45) is 5.73 Å². The lowest BCUT2D eigenvalue weighted by molar-refractivity contribution is -0.189. The van der Waals surface area contributed by atoms with E-state index in [1.165, 1.54) is 0 Å². The van der Waals surface area contributed by atoms with Crippen LogP contribution in [0.3, 0.4) is 0 Å². The maximum Gasteiger partial charge on any atom is 0.185 e. The fourth-order valence-electron chi connectivity index (χ4n) is 1.43. The lowest BCUT2D eigenvalue weighted by atomic mass is 9.99. The van der Waals surface area contributed by atoms with Gasteiger partial charge in [0.1, 0.15) is 18.3 Å². The van der Waals surface area contributed by atoms with Crippen molar-refractivity contribution in [1.29, 1.82) is 0 Å². The Labute approximate surface area is 63.7 Å². The molecule has 4 N–H and O–H groups in total. The van der Waals surface area contributed by atoms with Gasteiger partial charge in [-0.15, -0.1) is 0 Å². The highest BCUT2D eigenvalue weighted by atomic mass is 16.7. The van der Waals surface area contributed by atoms with E-state index in [1.807, 2.05) is 0 Å². The number of hydrogen-bond acceptors (Lipinski definition) is 5. The molecule has 0 aromatic heterocycles. The smallest absolute Gasteiger partial charge is 0.185 e. The molecule has 0 saturated carbocycles. The van der Waals surface area contributed by atoms with Crippen molar-refractivity contribution in [1.82, 2.24) is 0 Å². The lowest BCUT2D eigenvalue weighted by Crippen LogP contribution is -2.58. The molecule has 2 aliphatic rings. The Hall–Kier alpha value is -0.200. The molecule has 5 heteroatoms. The first-order valence-electron chi connectivity index (χ1n) is 3.59. The van der Waals surface area contributed by atoms with Crippen LogP contribution in [0.15, 0.2) is 0 Å². The molecule has 0 aliphatic carbocycles. The first kappa shape index (κ1) is 7.45. The molecule has 2 rings (SSSR count). The minimum atomic E-state index is -0.913. The van der Waals surface area contributed by atoms with Crippen LogP contribution in [0.1, 0.15) is 0 Å². The SMILES string of the molecule is N[C@H]1[C@H](O)[C@@H]2OC[C@@H](O2)[C@H]1O. The van der Waals surface area contributed by atoms with Crippen molar-refractivity contribution in [3.05, 3.63) is 0 Å². The molecule has 2 saturated heterocycles. The van der Waals surface area contributed by atoms with E-state index in [0.29, 0.717) is 6.61 Å². The summed E-state index contributed by atoms with van der Waals surface area (Å²) in [4.78, 5) is 0. The Bertz CT molecular complexity index is 145. The first-order chi connectivity index (χ1) is 5.20. The molecule has 5 atom stereocenters. The van der Waals surface area contributed by atoms with Crippen LogP contribution in [0.5, 0.6) is 0 Å². The molecular weight excluding hydrogens is 150 g/mol. The van der Waals surface area contributed by atoms with E-state index in [4.69, 9.17) is 15.2 Å². The average Bonchev–Trinajstić information content (AvgIpc) is 2.44. The maximum absolute atomic E-state index is 9.34. The van der Waals surface area contributed by atoms with Crippen molar-refractivity contribution < 1.29 is 19.7 Å². The van der Waals surface area contributed by atoms with Crippen LogP contribution in [0, 0.1) is 0 Å². The number of rotatable bonds is 0. The summed E-state index contributed by atoms with van der Waals surface area (Å²) in [6, 6.07) is -0.652. The molecule has 0 radical (unpaired) electrons. The third-order valence-electron chi connectivity index (χ3n) is 2.18. The van der Waals surface area contributed by atoms with E-state index in [2.05, 4.69) is 0 Å². The van der Waals surface area contributed by atoms with Crippen LogP contribution in [0.25, 0.3) is 0 Å². The highest BCUT2D eigenvalue weighted by Gasteiger charge is 2.47. The summed E-state index contributed by atoms with van der Waals surface area (Å²) in [5.74, 6) is 0. The van der Waals surface area contributed by atoms with Crippen molar-refractivity contribution in [3.8, 4) is 0 Å². The second-order valence-corrected chi connectivity index (χ2v) is 2.93. The lowest BCUT2D eigenvalue weighted by Gasteiger charge is -2.33. The zero-order valence-electron chi connectivity index (χ0n) is 5.88. The highest BCUT2D eigenvalue weighted by Crippen LogP contribution is 2.26. The standard InChI is InChI=1S/C6H11NO4/c7-3-4(8)2-1-10-6(11-2)5(3)9/h2-6,8-9H,1,7H2/t2-,3-,4-,5+,6-/m1/s1. The van der Waals surface area contributed by atoms with Gasteiger partial charge in [0.15, 0.2) is 6.29 Å². The van der Waals surface area contributed by atoms with Gasteiger partial charge < -0.3 is 25.4 Å². The summed E-state index contributed by atoms with van der Waals surface area (Å²) in [5.41, 5.74) is 5.48. The Balaban J connectivity index is 2.16. The van der Waals surface area contributed by atoms with Crippen molar-refractivity contribution in [3.63, 3.8) is 0 Å². The van der Waals surface area contributed by atoms with E-state index in [0.717, 1.165) is 0 Å². The summed E-state index contributed by atoms with van der Waals surface area (Å²) < 4.78 is 10.1. The largest absolute Gasteiger partial charge is 0.389 e. The molecule has 0 spiro atoms. The van der Waals surface area contributed by atoms with Gasteiger partial charge in [0.25, 0.3) is 0 Å². The van der Waals surface area contributed by atoms with E-state index >= 15 is 0 Å². The van der Waals surface area contributed by atoms with Crippen LogP contribution in [-0.2, 0) is 9.47 Å². The normalized spacial score (nSPS) is 56.5. The minimum absolute atomic E-state index is 0.316. The maximum atomic E-state index is 9.34. The van der Waals surface area contributed by atoms with E-state index in [1.54, 1.807) is 0 Å². The number of aliphatic hydroxyl groups is 2. The van der Waals surface area contributed by atoms with E-state index in [-0.39, 0.29) is 6.10 Å². The number of hydrogen-bond donors (Lipinski definition) is 3. The highest BCUT2D eigenvalue weighted by molar-refractivity contribution is 4.95. The Kier molecular flexibility index (Phi) is 1.62. The third-order valence-corrected chi connectivity index (χ3v) is 2.18. The van der Waals surface area contributed by atoms with Gasteiger partial charge in [-0.3, -0.25) is 0 Å². The first-order valence-corrected chi connectivity index (χ1v) is 3.59. The summed E-state index contributed by atoms with van der Waals surface area (Å²) in [6.07, 6.45) is -2.73. The van der Waals surface area contributed by atoms with Crippen molar-refractivity contribution >= 4 is 0 Å². The van der Waals surface area contributed by atoms with Gasteiger partial charge in [-0.1, -0.05) is 0 Å². The Morgan fingerprint density at radius 1 is 1.27 bits per heavy atom. The van der Waals surface area contributed by atoms with Crippen LogP contribution in [0.2, 0.25) is 0 Å². The second-order valence-electron chi connectivity index (χ2n) is 2.93. The molecule has 11 heavy (non-hydrogen) atoms. The minimum Gasteiger partial charge on any atom is -0.389 e. The number of fused-ring (bicyclic) bond motifs is 2. The Morgan fingerprint density at radius 2 is 2.00 bits per heavy atom. The summed E-state index contributed by atoms with van der Waals surface area (Å²) >= 11 is 0. The summed E-state index contributed by atoms with van der Waals surface area (Å²) in [6.45, 7) is 0.316. The van der Waals surface area contributed by atoms with Gasteiger partial charge in [-0.2, -0.15) is 0 Å². The van der Waals surface area contributed by atoms with Gasteiger partial charge in [0, 0.05) is 0 Å². The van der Waals surface area contributed by atoms with Gasteiger partial charge in [0.05, 0.1) is 12.6 Å². The molecule has 2 fully saturated rings. The van der Waals surface area contributed by atoms with Crippen LogP contribution in [-0.4, -0.2) is 47.5 Å². The quantitative estimate of drug-likeness (QED) is 0.375. The van der Waals surface area contributed by atoms with E-state index < -0.39 is 24.5 Å². The number of aliphatic hydroxyl groups excluding tert-OH is 2. The average molecular weight is 161 g/mol. The molecule has 2 heterocycles. The van der Waals surface area contributed by atoms with Gasteiger partial charge >= 0.3 is 0 Å². The third kappa shape index (κ3) is 0.969. The van der Waals surface area contributed by atoms with E-state index in [9.17, 15) is 10.2 Å². The second kappa shape index (κ2) is 2.40. The van der Waals surface area contributed by atoms with Crippen molar-refractivity contribution in [2.45, 2.75) is 30.6 Å². The summed E-state index contributed by atoms with van der Waals surface area (Å²) in [7, 11) is 0. The Morgan fingerprint density at radius 3 is 2.73 bits per heavy atom. The van der Waals surface area contributed by atoms with Gasteiger partial charge in [0.2, 0.25) is 0 Å². The molecule has 64 valence electrons. The molecule has 5 nitrogen and oxygen atoms in total. The topological polar surface area (TPSA) is 84.9 Å². The van der Waals surface area contributed by atoms with Gasteiger partial charge in [-0.25, -0.2) is 0 Å². The molecule has 0 amide bonds. The number of ether oxygens (including phenoxy) is 2. The fourth-order valence-corrected chi connectivity index (χ4v) is 1.43. The van der Waals surface area contributed by atoms with Crippen LogP contribution >= 0.6 is 0 Å². The summed E-state index contributed by atoms with van der Waals surface area (Å²) in [5, 5.41) is 18.6. The zero-order valence-corrected chi connectivity index (χ0v) is 5.88. The number of nitrogens with two attached hydrogens (primary N) is 1. The predicted molar refractivity (Wildman–Crippen MR) is 34.6 cm³/mol. The zero-order chi connectivity index (χ0) is 8.01. The predicted octanol–water partition coefficient (Wildman–Crippen LogP) is -2.21. The molecule has 0 unspecified atom stereocenters. The molecule has 2 bridgehead atoms. The molecule has 0 aromatic carbocycles. The van der Waals surface area contributed by atoms with Crippen molar-refractivity contribution in [2.75, 3.05) is 6.61 Å². The van der Waals surface area contributed by atoms with Crippen LogP contribution in [0.4, 0.5) is 0 Å². The van der Waals surface area contributed by atoms with Gasteiger partial charge in [-0.05, 0) is 0 Å². The monoisotopic (exact) mass is 161 g/mol. The molecule has 0 aromatic rings.